The highest BCUT2D eigenvalue weighted by atomic mass is 16.5. The van der Waals surface area contributed by atoms with Crippen LogP contribution in [0.3, 0.4) is 0 Å². The molecular weight excluding hydrogens is 306 g/mol. The van der Waals surface area contributed by atoms with Crippen molar-refractivity contribution < 1.29 is 4.74 Å². The van der Waals surface area contributed by atoms with Crippen LogP contribution in [0.15, 0.2) is 36.4 Å². The Hall–Kier alpha value is -1.54. The summed E-state index contributed by atoms with van der Waals surface area (Å²) in [6, 6.07) is 12.7. The van der Waals surface area contributed by atoms with Gasteiger partial charge < -0.3 is 10.5 Å². The van der Waals surface area contributed by atoms with Gasteiger partial charge in [-0.1, -0.05) is 44.4 Å². The number of ether oxygens (including phenoxy) is 1. The largest absolute Gasteiger partial charge is 0.490 e. The van der Waals surface area contributed by atoms with E-state index in [2.05, 4.69) is 50.2 Å². The fourth-order valence-corrected chi connectivity index (χ4v) is 3.88. The van der Waals surface area contributed by atoms with Gasteiger partial charge >= 0.3 is 0 Å². The Balaban J connectivity index is 1.63. The second kappa shape index (κ2) is 7.78. The van der Waals surface area contributed by atoms with Gasteiger partial charge in [0, 0.05) is 5.54 Å². The van der Waals surface area contributed by atoms with E-state index in [-0.39, 0.29) is 0 Å². The van der Waals surface area contributed by atoms with Crippen molar-refractivity contribution in [3.8, 4) is 5.75 Å². The first-order valence-corrected chi connectivity index (χ1v) is 9.81. The molecule has 0 heterocycles. The fraction of sp³-hybridized carbons (Fsp3) is 0.522. The predicted octanol–water partition coefficient (Wildman–Crippen LogP) is 5.98. The highest BCUT2D eigenvalue weighted by Crippen LogP contribution is 2.32. The third kappa shape index (κ3) is 4.76. The highest BCUT2D eigenvalue weighted by molar-refractivity contribution is 5.84. The molecule has 25 heavy (non-hydrogen) atoms. The van der Waals surface area contributed by atoms with Crippen molar-refractivity contribution in [2.24, 2.45) is 11.7 Å². The summed E-state index contributed by atoms with van der Waals surface area (Å²) < 4.78 is 6.28. The first-order valence-electron chi connectivity index (χ1n) is 9.81. The molecule has 0 aromatic heterocycles. The number of hydrogen-bond donors (Lipinski definition) is 1. The Labute approximate surface area is 152 Å². The maximum Gasteiger partial charge on any atom is 0.120 e. The summed E-state index contributed by atoms with van der Waals surface area (Å²) in [5.41, 5.74) is 6.61. The van der Waals surface area contributed by atoms with E-state index < -0.39 is 5.54 Å². The standard InChI is InChI=1S/C23H32NO/c1-4-5-6-17-7-12-21(13-8-17)25-22-14-10-18-15-20(23(2,3)24)11-9-19(18)16-22/h9-11,14-17,21H,2,4-8,12-13,24H2,1,3H3/t17?,21?,23-/m1/s1. The van der Waals surface area contributed by atoms with Crippen LogP contribution in [-0.2, 0) is 5.54 Å². The molecule has 1 atom stereocenters. The molecule has 1 radical (unpaired) electrons. The molecule has 2 N–H and O–H groups in total. The summed E-state index contributed by atoms with van der Waals surface area (Å²) >= 11 is 0. The van der Waals surface area contributed by atoms with Gasteiger partial charge in [0.05, 0.1) is 6.10 Å². The summed E-state index contributed by atoms with van der Waals surface area (Å²) in [5, 5.41) is 2.38. The smallest absolute Gasteiger partial charge is 0.120 e. The third-order valence-electron chi connectivity index (χ3n) is 5.53. The average molecular weight is 339 g/mol. The molecule has 0 aliphatic heterocycles. The zero-order valence-electron chi connectivity index (χ0n) is 15.8. The third-order valence-corrected chi connectivity index (χ3v) is 5.53. The lowest BCUT2D eigenvalue weighted by Crippen LogP contribution is -2.28. The lowest BCUT2D eigenvalue weighted by molar-refractivity contribution is 0.128. The monoisotopic (exact) mass is 338 g/mol. The zero-order chi connectivity index (χ0) is 17.9. The molecular formula is C23H32NO. The van der Waals surface area contributed by atoms with Gasteiger partial charge in [-0.05, 0) is 80.0 Å². The highest BCUT2D eigenvalue weighted by Gasteiger charge is 2.22. The minimum atomic E-state index is -0.556. The topological polar surface area (TPSA) is 35.2 Å². The van der Waals surface area contributed by atoms with Crippen LogP contribution in [0.25, 0.3) is 10.8 Å². The van der Waals surface area contributed by atoms with Gasteiger partial charge in [0.2, 0.25) is 0 Å². The summed E-state index contributed by atoms with van der Waals surface area (Å²) in [4.78, 5) is 0. The van der Waals surface area contributed by atoms with Crippen LogP contribution in [0.1, 0.15) is 64.4 Å². The van der Waals surface area contributed by atoms with Crippen LogP contribution in [0.5, 0.6) is 5.75 Å². The van der Waals surface area contributed by atoms with Crippen molar-refractivity contribution in [1.82, 2.24) is 0 Å². The van der Waals surface area contributed by atoms with Crippen LogP contribution in [0.4, 0.5) is 0 Å². The average Bonchev–Trinajstić information content (AvgIpc) is 2.60. The van der Waals surface area contributed by atoms with E-state index in [1.54, 1.807) is 0 Å². The molecule has 1 saturated carbocycles. The molecule has 1 aliphatic rings. The van der Waals surface area contributed by atoms with Crippen molar-refractivity contribution in [1.29, 1.82) is 0 Å². The number of benzene rings is 2. The number of unbranched alkanes of at least 4 members (excludes halogenated alkanes) is 1. The maximum atomic E-state index is 6.28. The molecule has 1 aliphatic carbocycles. The second-order valence-electron chi connectivity index (χ2n) is 8.04. The molecule has 0 unspecified atom stereocenters. The van der Waals surface area contributed by atoms with Gasteiger partial charge in [-0.25, -0.2) is 0 Å². The normalized spacial score (nSPS) is 21.4. The summed E-state index contributed by atoms with van der Waals surface area (Å²) in [7, 11) is 0. The van der Waals surface area contributed by atoms with Crippen LogP contribution in [-0.4, -0.2) is 6.10 Å². The van der Waals surface area contributed by atoms with E-state index in [0.29, 0.717) is 6.10 Å². The second-order valence-corrected chi connectivity index (χ2v) is 8.04. The quantitative estimate of drug-likeness (QED) is 0.703. The van der Waals surface area contributed by atoms with Crippen molar-refractivity contribution >= 4 is 10.8 Å². The van der Waals surface area contributed by atoms with E-state index in [1.807, 2.05) is 6.92 Å². The Morgan fingerprint density at radius 2 is 1.76 bits per heavy atom. The van der Waals surface area contributed by atoms with Gasteiger partial charge in [0.25, 0.3) is 0 Å². The van der Waals surface area contributed by atoms with E-state index in [1.165, 1.54) is 55.7 Å². The Morgan fingerprint density at radius 1 is 1.08 bits per heavy atom. The van der Waals surface area contributed by atoms with Crippen LogP contribution < -0.4 is 10.5 Å². The van der Waals surface area contributed by atoms with Gasteiger partial charge in [0.1, 0.15) is 5.75 Å². The van der Waals surface area contributed by atoms with Crippen molar-refractivity contribution in [2.75, 3.05) is 0 Å². The molecule has 0 bridgehead atoms. The maximum absolute atomic E-state index is 6.28. The minimum absolute atomic E-state index is 0.377. The molecule has 2 heteroatoms. The van der Waals surface area contributed by atoms with Crippen LogP contribution >= 0.6 is 0 Å². The van der Waals surface area contributed by atoms with E-state index in [9.17, 15) is 0 Å². The van der Waals surface area contributed by atoms with E-state index in [4.69, 9.17) is 10.5 Å². The number of hydrogen-bond acceptors (Lipinski definition) is 2. The van der Waals surface area contributed by atoms with E-state index in [0.717, 1.165) is 17.2 Å². The minimum Gasteiger partial charge on any atom is -0.490 e. The number of rotatable bonds is 6. The SMILES string of the molecule is [CH2][C@](C)(N)c1ccc2cc(OC3CCC(CCCC)CC3)ccc2c1. The van der Waals surface area contributed by atoms with E-state index >= 15 is 0 Å². The zero-order valence-corrected chi connectivity index (χ0v) is 15.8. The molecule has 2 aromatic rings. The van der Waals surface area contributed by atoms with Crippen LogP contribution in [0, 0.1) is 12.8 Å². The first-order chi connectivity index (χ1) is 12.0. The molecule has 2 nitrogen and oxygen atoms in total. The summed E-state index contributed by atoms with van der Waals surface area (Å²) in [5.74, 6) is 1.91. The van der Waals surface area contributed by atoms with Gasteiger partial charge in [-0.2, -0.15) is 0 Å². The van der Waals surface area contributed by atoms with Gasteiger partial charge in [-0.3, -0.25) is 0 Å². The number of nitrogens with two attached hydrogens (primary N) is 1. The molecule has 0 saturated heterocycles. The van der Waals surface area contributed by atoms with Crippen molar-refractivity contribution in [3.63, 3.8) is 0 Å². The van der Waals surface area contributed by atoms with Gasteiger partial charge in [0.15, 0.2) is 0 Å². The van der Waals surface area contributed by atoms with Gasteiger partial charge in [-0.15, -0.1) is 0 Å². The lowest BCUT2D eigenvalue weighted by atomic mass is 9.84. The molecule has 0 spiro atoms. The van der Waals surface area contributed by atoms with Crippen molar-refractivity contribution in [3.05, 3.63) is 48.9 Å². The summed E-state index contributed by atoms with van der Waals surface area (Å²) in [6.07, 6.45) is 9.48. The predicted molar refractivity (Wildman–Crippen MR) is 107 cm³/mol. The molecule has 2 aromatic carbocycles. The molecule has 1 fully saturated rings. The molecule has 135 valence electrons. The van der Waals surface area contributed by atoms with Crippen molar-refractivity contribution in [2.45, 2.75) is 70.4 Å². The fourth-order valence-electron chi connectivity index (χ4n) is 3.88. The first kappa shape index (κ1) is 18.3. The Morgan fingerprint density at radius 3 is 2.44 bits per heavy atom. The molecule has 3 rings (SSSR count). The Kier molecular flexibility index (Phi) is 5.68. The number of fused-ring (bicyclic) bond motifs is 1. The lowest BCUT2D eigenvalue weighted by Gasteiger charge is -2.29. The molecule has 0 amide bonds. The Bertz CT molecular complexity index is 693. The summed E-state index contributed by atoms with van der Waals surface area (Å²) in [6.45, 7) is 8.23. The van der Waals surface area contributed by atoms with Crippen LogP contribution in [0.2, 0.25) is 0 Å².